The molecule has 1 atom stereocenters. The van der Waals surface area contributed by atoms with E-state index in [1.54, 1.807) is 4.57 Å². The fourth-order valence-corrected chi connectivity index (χ4v) is 3.58. The molecule has 6 heteroatoms. The standard InChI is InChI=1S/C22H23N3O3/c1-3-12-24-17-9-5-6-10-18(17)25(22(24)27)14-21(26)23-15(2)20-13-16-8-4-7-11-19(16)28-20/h4-11,13,15H,3,12,14H2,1-2H3,(H,23,26)/t15-/m0/s1. The summed E-state index contributed by atoms with van der Waals surface area (Å²) >= 11 is 0. The molecule has 0 spiro atoms. The lowest BCUT2D eigenvalue weighted by molar-refractivity contribution is -0.122. The lowest BCUT2D eigenvalue weighted by Gasteiger charge is -2.11. The molecular formula is C22H23N3O3. The van der Waals surface area contributed by atoms with Crippen LogP contribution in [0.2, 0.25) is 0 Å². The minimum atomic E-state index is -0.292. The summed E-state index contributed by atoms with van der Waals surface area (Å²) < 4.78 is 9.08. The molecular weight excluding hydrogens is 354 g/mol. The molecule has 0 radical (unpaired) electrons. The van der Waals surface area contributed by atoms with Gasteiger partial charge >= 0.3 is 5.69 Å². The number of carbonyl (C=O) groups is 1. The van der Waals surface area contributed by atoms with Gasteiger partial charge in [0.2, 0.25) is 5.91 Å². The fourth-order valence-electron chi connectivity index (χ4n) is 3.58. The zero-order valence-electron chi connectivity index (χ0n) is 16.0. The number of para-hydroxylation sites is 3. The molecule has 2 heterocycles. The SMILES string of the molecule is CCCn1c(=O)n(CC(=O)N[C@@H](C)c2cc3ccccc3o2)c2ccccc21. The summed E-state index contributed by atoms with van der Waals surface area (Å²) in [4.78, 5) is 25.5. The normalized spacial score (nSPS) is 12.5. The van der Waals surface area contributed by atoms with E-state index in [2.05, 4.69) is 5.32 Å². The fraction of sp³-hybridized carbons (Fsp3) is 0.273. The summed E-state index contributed by atoms with van der Waals surface area (Å²) in [5.41, 5.74) is 2.26. The summed E-state index contributed by atoms with van der Waals surface area (Å²) in [6, 6.07) is 16.9. The van der Waals surface area contributed by atoms with Crippen molar-refractivity contribution < 1.29 is 9.21 Å². The van der Waals surface area contributed by atoms with E-state index in [9.17, 15) is 9.59 Å². The number of hydrogen-bond acceptors (Lipinski definition) is 3. The first kappa shape index (κ1) is 18.1. The Morgan fingerprint density at radius 2 is 1.75 bits per heavy atom. The Bertz CT molecular complexity index is 1170. The number of fused-ring (bicyclic) bond motifs is 2. The van der Waals surface area contributed by atoms with Crippen molar-refractivity contribution in [1.82, 2.24) is 14.5 Å². The summed E-state index contributed by atoms with van der Waals surface area (Å²) in [5.74, 6) is 0.463. The average molecular weight is 377 g/mol. The number of nitrogens with zero attached hydrogens (tertiary/aromatic N) is 2. The van der Waals surface area contributed by atoms with Crippen LogP contribution in [0.3, 0.4) is 0 Å². The van der Waals surface area contributed by atoms with E-state index in [-0.39, 0.29) is 24.2 Å². The van der Waals surface area contributed by atoms with Crippen molar-refractivity contribution in [3.05, 3.63) is 70.8 Å². The second-order valence-electron chi connectivity index (χ2n) is 6.98. The molecule has 0 bridgehead atoms. The maximum absolute atomic E-state index is 12.8. The quantitative estimate of drug-likeness (QED) is 0.555. The van der Waals surface area contributed by atoms with E-state index >= 15 is 0 Å². The molecule has 1 N–H and O–H groups in total. The Labute approximate surface area is 162 Å². The highest BCUT2D eigenvalue weighted by Gasteiger charge is 2.18. The molecule has 6 nitrogen and oxygen atoms in total. The van der Waals surface area contributed by atoms with Gasteiger partial charge in [-0.2, -0.15) is 0 Å². The number of aryl methyl sites for hydroxylation is 1. The van der Waals surface area contributed by atoms with E-state index in [0.29, 0.717) is 12.3 Å². The molecule has 2 aromatic carbocycles. The third kappa shape index (κ3) is 3.22. The first-order chi connectivity index (χ1) is 13.6. The maximum atomic E-state index is 12.8. The van der Waals surface area contributed by atoms with Gasteiger partial charge in [0.15, 0.2) is 0 Å². The molecule has 4 rings (SSSR count). The molecule has 28 heavy (non-hydrogen) atoms. The molecule has 1 amide bonds. The third-order valence-electron chi connectivity index (χ3n) is 4.92. The lowest BCUT2D eigenvalue weighted by atomic mass is 10.2. The van der Waals surface area contributed by atoms with Gasteiger partial charge in [-0.15, -0.1) is 0 Å². The number of hydrogen-bond donors (Lipinski definition) is 1. The van der Waals surface area contributed by atoms with Gasteiger partial charge in [0.1, 0.15) is 17.9 Å². The smallest absolute Gasteiger partial charge is 0.329 e. The number of rotatable bonds is 6. The van der Waals surface area contributed by atoms with Crippen LogP contribution in [0.25, 0.3) is 22.0 Å². The Hall–Kier alpha value is -3.28. The monoisotopic (exact) mass is 377 g/mol. The van der Waals surface area contributed by atoms with Gasteiger partial charge in [0.05, 0.1) is 17.1 Å². The van der Waals surface area contributed by atoms with Crippen LogP contribution in [-0.4, -0.2) is 15.0 Å². The Morgan fingerprint density at radius 1 is 1.07 bits per heavy atom. The van der Waals surface area contributed by atoms with Gasteiger partial charge in [-0.1, -0.05) is 37.3 Å². The maximum Gasteiger partial charge on any atom is 0.329 e. The summed E-state index contributed by atoms with van der Waals surface area (Å²) in [6.45, 7) is 4.50. The Kier molecular flexibility index (Phi) is 4.77. The van der Waals surface area contributed by atoms with Gasteiger partial charge in [0.25, 0.3) is 0 Å². The highest BCUT2D eigenvalue weighted by atomic mass is 16.3. The van der Waals surface area contributed by atoms with Crippen molar-refractivity contribution >= 4 is 27.9 Å². The number of imidazole rings is 1. The van der Waals surface area contributed by atoms with Crippen molar-refractivity contribution in [1.29, 1.82) is 0 Å². The van der Waals surface area contributed by atoms with Gasteiger partial charge in [-0.25, -0.2) is 4.79 Å². The highest BCUT2D eigenvalue weighted by molar-refractivity contribution is 5.81. The summed E-state index contributed by atoms with van der Waals surface area (Å²) in [6.07, 6.45) is 0.850. The molecule has 0 aliphatic carbocycles. The summed E-state index contributed by atoms with van der Waals surface area (Å²) in [5, 5.41) is 3.93. The average Bonchev–Trinajstić information content (AvgIpc) is 3.24. The largest absolute Gasteiger partial charge is 0.459 e. The third-order valence-corrected chi connectivity index (χ3v) is 4.92. The number of amides is 1. The lowest BCUT2D eigenvalue weighted by Crippen LogP contribution is -2.34. The molecule has 2 aromatic heterocycles. The predicted octanol–water partition coefficient (Wildman–Crippen LogP) is 3.84. The minimum Gasteiger partial charge on any atom is -0.459 e. The Morgan fingerprint density at radius 3 is 2.46 bits per heavy atom. The summed E-state index contributed by atoms with van der Waals surface area (Å²) in [7, 11) is 0. The second-order valence-corrected chi connectivity index (χ2v) is 6.98. The zero-order valence-corrected chi connectivity index (χ0v) is 16.0. The van der Waals surface area contributed by atoms with Crippen LogP contribution in [0.15, 0.2) is 63.8 Å². The van der Waals surface area contributed by atoms with Crippen LogP contribution in [-0.2, 0) is 17.9 Å². The molecule has 4 aromatic rings. The zero-order chi connectivity index (χ0) is 19.7. The molecule has 0 unspecified atom stereocenters. The molecule has 0 saturated heterocycles. The highest BCUT2D eigenvalue weighted by Crippen LogP contribution is 2.23. The van der Waals surface area contributed by atoms with Gasteiger partial charge < -0.3 is 9.73 Å². The van der Waals surface area contributed by atoms with Crippen LogP contribution >= 0.6 is 0 Å². The molecule has 0 aliphatic heterocycles. The minimum absolute atomic E-state index is 0.0272. The predicted molar refractivity (Wildman–Crippen MR) is 109 cm³/mol. The van der Waals surface area contributed by atoms with Crippen LogP contribution in [0, 0.1) is 0 Å². The van der Waals surface area contributed by atoms with Crippen LogP contribution in [0.1, 0.15) is 32.1 Å². The van der Waals surface area contributed by atoms with E-state index < -0.39 is 0 Å². The van der Waals surface area contributed by atoms with Crippen molar-refractivity contribution in [2.24, 2.45) is 0 Å². The molecule has 0 fully saturated rings. The van der Waals surface area contributed by atoms with E-state index in [4.69, 9.17) is 4.42 Å². The van der Waals surface area contributed by atoms with Gasteiger partial charge in [0, 0.05) is 11.9 Å². The van der Waals surface area contributed by atoms with E-state index in [1.165, 1.54) is 4.57 Å². The van der Waals surface area contributed by atoms with Crippen LogP contribution in [0.4, 0.5) is 0 Å². The molecule has 0 aliphatic rings. The van der Waals surface area contributed by atoms with Crippen LogP contribution < -0.4 is 11.0 Å². The second kappa shape index (κ2) is 7.38. The number of benzene rings is 2. The molecule has 144 valence electrons. The van der Waals surface area contributed by atoms with Crippen molar-refractivity contribution in [2.75, 3.05) is 0 Å². The molecule has 0 saturated carbocycles. The van der Waals surface area contributed by atoms with Gasteiger partial charge in [-0.05, 0) is 37.6 Å². The van der Waals surface area contributed by atoms with Gasteiger partial charge in [-0.3, -0.25) is 13.9 Å². The van der Waals surface area contributed by atoms with Crippen LogP contribution in [0.5, 0.6) is 0 Å². The van der Waals surface area contributed by atoms with Crippen molar-refractivity contribution in [2.45, 2.75) is 39.4 Å². The first-order valence-electron chi connectivity index (χ1n) is 9.54. The van der Waals surface area contributed by atoms with E-state index in [0.717, 1.165) is 28.4 Å². The number of furan rings is 1. The number of nitrogens with one attached hydrogen (secondary N) is 1. The topological polar surface area (TPSA) is 69.2 Å². The van der Waals surface area contributed by atoms with Crippen molar-refractivity contribution in [3.8, 4) is 0 Å². The number of aromatic nitrogens is 2. The van der Waals surface area contributed by atoms with E-state index in [1.807, 2.05) is 68.4 Å². The first-order valence-corrected chi connectivity index (χ1v) is 9.54. The Balaban J connectivity index is 1.57. The van der Waals surface area contributed by atoms with Crippen molar-refractivity contribution in [3.63, 3.8) is 0 Å². The number of carbonyl (C=O) groups excluding carboxylic acids is 1.